The Bertz CT molecular complexity index is 810. The van der Waals surface area contributed by atoms with Crippen molar-refractivity contribution in [3.63, 3.8) is 0 Å². The molecule has 122 valence electrons. The number of benzene rings is 2. The molecular weight excluding hydrogens is 342 g/mol. The Hall–Kier alpha value is -2.31. The first kappa shape index (κ1) is 16.5. The molecule has 3 aromatic rings. The zero-order valence-corrected chi connectivity index (χ0v) is 14.4. The van der Waals surface area contributed by atoms with Crippen LogP contribution in [0.5, 0.6) is 5.75 Å². The van der Waals surface area contributed by atoms with Crippen LogP contribution in [-0.4, -0.2) is 24.2 Å². The maximum absolute atomic E-state index is 10.9. The number of carbonyl (C=O) groups excluding carboxylic acids is 1. The number of esters is 1. The van der Waals surface area contributed by atoms with Crippen LogP contribution in [0.4, 0.5) is 0 Å². The first-order chi connectivity index (χ1) is 11.7. The average Bonchev–Trinajstić information content (AvgIpc) is 3.02. The molecule has 0 saturated heterocycles. The molecule has 0 saturated carbocycles. The zero-order chi connectivity index (χ0) is 16.8. The standard InChI is InChI=1S/C18H15NO3S2/c1-2-17(20)22-12-11-21-13-7-9-14(10-8-13)23-18-19-15-5-3-4-6-16(15)24-18/h2-10H,1,11-12H2. The van der Waals surface area contributed by atoms with Gasteiger partial charge in [-0.1, -0.05) is 30.5 Å². The van der Waals surface area contributed by atoms with Gasteiger partial charge in [0.25, 0.3) is 0 Å². The van der Waals surface area contributed by atoms with Crippen molar-refractivity contribution in [2.24, 2.45) is 0 Å². The van der Waals surface area contributed by atoms with Gasteiger partial charge in [0.2, 0.25) is 0 Å². The molecule has 1 heterocycles. The third-order valence-corrected chi connectivity index (χ3v) is 5.17. The van der Waals surface area contributed by atoms with Crippen LogP contribution in [0.25, 0.3) is 10.2 Å². The second-order valence-electron chi connectivity index (χ2n) is 4.74. The lowest BCUT2D eigenvalue weighted by molar-refractivity contribution is -0.138. The van der Waals surface area contributed by atoms with Crippen LogP contribution in [-0.2, 0) is 9.53 Å². The molecule has 0 radical (unpaired) electrons. The quantitative estimate of drug-likeness (QED) is 0.352. The predicted molar refractivity (Wildman–Crippen MR) is 96.8 cm³/mol. The topological polar surface area (TPSA) is 48.4 Å². The van der Waals surface area contributed by atoms with E-state index in [1.165, 1.54) is 4.70 Å². The number of hydrogen-bond acceptors (Lipinski definition) is 6. The molecule has 0 atom stereocenters. The van der Waals surface area contributed by atoms with Gasteiger partial charge in [0.1, 0.15) is 19.0 Å². The Kier molecular flexibility index (Phi) is 5.51. The molecule has 0 aliphatic carbocycles. The second kappa shape index (κ2) is 7.99. The van der Waals surface area contributed by atoms with Crippen LogP contribution in [0, 0.1) is 0 Å². The summed E-state index contributed by atoms with van der Waals surface area (Å²) in [5.74, 6) is 0.291. The highest BCUT2D eigenvalue weighted by atomic mass is 32.2. The van der Waals surface area contributed by atoms with Crippen LogP contribution in [0.2, 0.25) is 0 Å². The molecule has 4 nitrogen and oxygen atoms in total. The van der Waals surface area contributed by atoms with Crippen LogP contribution < -0.4 is 4.74 Å². The molecule has 0 N–H and O–H groups in total. The molecule has 0 bridgehead atoms. The van der Waals surface area contributed by atoms with Crippen molar-refractivity contribution in [1.82, 2.24) is 4.98 Å². The fourth-order valence-electron chi connectivity index (χ4n) is 1.96. The van der Waals surface area contributed by atoms with Gasteiger partial charge in [0, 0.05) is 11.0 Å². The number of ether oxygens (including phenoxy) is 2. The molecule has 0 aliphatic heterocycles. The van der Waals surface area contributed by atoms with E-state index in [9.17, 15) is 4.79 Å². The molecule has 0 spiro atoms. The number of para-hydroxylation sites is 1. The highest BCUT2D eigenvalue weighted by Gasteiger charge is 2.05. The van der Waals surface area contributed by atoms with E-state index in [1.807, 2.05) is 42.5 Å². The molecule has 0 unspecified atom stereocenters. The minimum absolute atomic E-state index is 0.201. The van der Waals surface area contributed by atoms with Crippen molar-refractivity contribution in [2.45, 2.75) is 9.24 Å². The second-order valence-corrected chi connectivity index (χ2v) is 7.09. The van der Waals surface area contributed by atoms with Gasteiger partial charge in [0.15, 0.2) is 4.34 Å². The van der Waals surface area contributed by atoms with Crippen LogP contribution in [0.15, 0.2) is 70.4 Å². The summed E-state index contributed by atoms with van der Waals surface area (Å²) in [7, 11) is 0. The van der Waals surface area contributed by atoms with Gasteiger partial charge in [-0.15, -0.1) is 11.3 Å². The number of fused-ring (bicyclic) bond motifs is 1. The average molecular weight is 357 g/mol. The molecule has 1 aromatic heterocycles. The molecule has 0 amide bonds. The van der Waals surface area contributed by atoms with E-state index in [0.29, 0.717) is 6.61 Å². The van der Waals surface area contributed by atoms with Gasteiger partial charge in [0.05, 0.1) is 10.2 Å². The van der Waals surface area contributed by atoms with Gasteiger partial charge >= 0.3 is 5.97 Å². The van der Waals surface area contributed by atoms with E-state index in [1.54, 1.807) is 23.1 Å². The lowest BCUT2D eigenvalue weighted by Gasteiger charge is -2.06. The van der Waals surface area contributed by atoms with E-state index < -0.39 is 5.97 Å². The number of nitrogens with zero attached hydrogens (tertiary/aromatic N) is 1. The molecule has 24 heavy (non-hydrogen) atoms. The highest BCUT2D eigenvalue weighted by Crippen LogP contribution is 2.34. The zero-order valence-electron chi connectivity index (χ0n) is 12.8. The summed E-state index contributed by atoms with van der Waals surface area (Å²) < 4.78 is 12.6. The minimum atomic E-state index is -0.443. The van der Waals surface area contributed by atoms with Gasteiger partial charge in [-0.05, 0) is 36.4 Å². The molecule has 3 rings (SSSR count). The summed E-state index contributed by atoms with van der Waals surface area (Å²) in [5.41, 5.74) is 1.03. The molecule has 0 fully saturated rings. The largest absolute Gasteiger partial charge is 0.490 e. The third kappa shape index (κ3) is 4.37. The van der Waals surface area contributed by atoms with E-state index in [-0.39, 0.29) is 6.61 Å². The fourth-order valence-corrected chi connectivity index (χ4v) is 4.00. The number of hydrogen-bond donors (Lipinski definition) is 0. The molecule has 2 aromatic carbocycles. The van der Waals surface area contributed by atoms with E-state index in [2.05, 4.69) is 17.6 Å². The van der Waals surface area contributed by atoms with Crippen molar-refractivity contribution >= 4 is 39.3 Å². The Morgan fingerprint density at radius 3 is 2.71 bits per heavy atom. The number of carbonyl (C=O) groups is 1. The van der Waals surface area contributed by atoms with Crippen LogP contribution in [0.1, 0.15) is 0 Å². The number of thiazole rings is 1. The fraction of sp³-hybridized carbons (Fsp3) is 0.111. The van der Waals surface area contributed by atoms with E-state index in [4.69, 9.17) is 9.47 Å². The predicted octanol–water partition coefficient (Wildman–Crippen LogP) is 4.56. The van der Waals surface area contributed by atoms with Gasteiger partial charge in [-0.3, -0.25) is 0 Å². The van der Waals surface area contributed by atoms with Gasteiger partial charge < -0.3 is 9.47 Å². The lowest BCUT2D eigenvalue weighted by Crippen LogP contribution is -2.10. The molecular formula is C18H15NO3S2. The van der Waals surface area contributed by atoms with Crippen LogP contribution >= 0.6 is 23.1 Å². The summed E-state index contributed by atoms with van der Waals surface area (Å²) in [6.45, 7) is 3.84. The maximum atomic E-state index is 10.9. The number of aromatic nitrogens is 1. The Morgan fingerprint density at radius 2 is 1.96 bits per heavy atom. The Morgan fingerprint density at radius 1 is 1.17 bits per heavy atom. The summed E-state index contributed by atoms with van der Waals surface area (Å²) in [6.07, 6.45) is 1.13. The number of rotatable bonds is 7. The molecule has 0 aliphatic rings. The van der Waals surface area contributed by atoms with Crippen LogP contribution in [0.3, 0.4) is 0 Å². The lowest BCUT2D eigenvalue weighted by atomic mass is 10.3. The summed E-state index contributed by atoms with van der Waals surface area (Å²) in [6, 6.07) is 15.9. The van der Waals surface area contributed by atoms with Crippen molar-refractivity contribution in [3.05, 3.63) is 61.2 Å². The minimum Gasteiger partial charge on any atom is -0.490 e. The van der Waals surface area contributed by atoms with Crippen molar-refractivity contribution in [3.8, 4) is 5.75 Å². The van der Waals surface area contributed by atoms with Crippen molar-refractivity contribution in [1.29, 1.82) is 0 Å². The maximum Gasteiger partial charge on any atom is 0.330 e. The summed E-state index contributed by atoms with van der Waals surface area (Å²) in [4.78, 5) is 16.6. The molecule has 6 heteroatoms. The third-order valence-electron chi connectivity index (χ3n) is 3.07. The summed E-state index contributed by atoms with van der Waals surface area (Å²) in [5, 5.41) is 0. The van der Waals surface area contributed by atoms with Crippen molar-refractivity contribution < 1.29 is 14.3 Å². The highest BCUT2D eigenvalue weighted by molar-refractivity contribution is 8.01. The monoisotopic (exact) mass is 357 g/mol. The van der Waals surface area contributed by atoms with E-state index >= 15 is 0 Å². The van der Waals surface area contributed by atoms with Gasteiger partial charge in [-0.2, -0.15) is 0 Å². The Labute approximate surface area is 148 Å². The Balaban J connectivity index is 1.54. The van der Waals surface area contributed by atoms with Gasteiger partial charge in [-0.25, -0.2) is 9.78 Å². The first-order valence-electron chi connectivity index (χ1n) is 7.30. The smallest absolute Gasteiger partial charge is 0.330 e. The first-order valence-corrected chi connectivity index (χ1v) is 8.93. The van der Waals surface area contributed by atoms with Crippen molar-refractivity contribution in [2.75, 3.05) is 13.2 Å². The normalized spacial score (nSPS) is 10.5. The SMILES string of the molecule is C=CC(=O)OCCOc1ccc(Sc2nc3ccccc3s2)cc1. The van der Waals surface area contributed by atoms with E-state index in [0.717, 1.165) is 26.6 Å². The summed E-state index contributed by atoms with van der Waals surface area (Å²) >= 11 is 3.31.